The van der Waals surface area contributed by atoms with Crippen molar-refractivity contribution >= 4 is 78.0 Å². The van der Waals surface area contributed by atoms with Crippen molar-refractivity contribution < 1.29 is 0 Å². The van der Waals surface area contributed by atoms with Gasteiger partial charge in [0.15, 0.2) is 0 Å². The SMILES string of the molecule is Cc1ccc(N2c3cccc4c3B(c3ccc(-c5c(C(C)(C)C)cccc5C(C)(C)C)cc3N4c3ccccc3)c3sc4cc5c(cc4c32)-c2ccc(C)cc2C52c3ccccc3-c3ccccc32)cc1. The highest BCUT2D eigenvalue weighted by Crippen LogP contribution is 2.64. The maximum Gasteiger partial charge on any atom is 0.264 e. The van der Waals surface area contributed by atoms with Gasteiger partial charge in [-0.15, -0.1) is 11.3 Å². The minimum atomic E-state index is -0.422. The number of rotatable bonds is 3. The standard InChI is InChI=1S/C67H55BN2S/c1-40-28-32-44(33-29-40)70-58-27-17-26-57-62(58)68(56-35-31-42(37-59(56)69(57)43-18-10-9-11-19-43)61-52(65(3,4)5)24-16-25-53(61)66(6,7)8)64-63(70)49-38-48-47-34-30-41(2)36-54(47)67(55(48)39-60(49)71-64)50-22-14-12-20-45(50)46-21-13-15-23-51(46)67/h9-39H,1-8H3. The van der Waals surface area contributed by atoms with Gasteiger partial charge in [-0.3, -0.25) is 0 Å². The van der Waals surface area contributed by atoms with Crippen molar-refractivity contribution in [3.63, 3.8) is 0 Å². The maximum atomic E-state index is 2.61. The summed E-state index contributed by atoms with van der Waals surface area (Å²) in [5.74, 6) is 0. The molecule has 0 fully saturated rings. The summed E-state index contributed by atoms with van der Waals surface area (Å²) in [5.41, 5.74) is 28.3. The summed E-state index contributed by atoms with van der Waals surface area (Å²) in [6.07, 6.45) is 0. The summed E-state index contributed by atoms with van der Waals surface area (Å²) >= 11 is 2.01. The summed E-state index contributed by atoms with van der Waals surface area (Å²) in [7, 11) is 0. The molecule has 4 heteroatoms. The van der Waals surface area contributed by atoms with E-state index < -0.39 is 5.41 Å². The van der Waals surface area contributed by atoms with Gasteiger partial charge in [-0.05, 0) is 157 Å². The van der Waals surface area contributed by atoms with Crippen molar-refractivity contribution in [2.75, 3.05) is 9.80 Å². The predicted octanol–water partition coefficient (Wildman–Crippen LogP) is 16.2. The van der Waals surface area contributed by atoms with Crippen molar-refractivity contribution in [3.05, 3.63) is 233 Å². The second-order valence-corrected chi connectivity index (χ2v) is 23.7. The topological polar surface area (TPSA) is 6.48 Å². The van der Waals surface area contributed by atoms with Gasteiger partial charge in [-0.25, -0.2) is 0 Å². The average Bonchev–Trinajstić information content (AvgIpc) is 3.99. The molecule has 1 spiro atoms. The molecule has 3 heterocycles. The van der Waals surface area contributed by atoms with E-state index in [4.69, 9.17) is 0 Å². The molecule has 0 amide bonds. The Balaban J connectivity index is 1.08. The molecule has 4 aliphatic rings. The van der Waals surface area contributed by atoms with Crippen LogP contribution in [-0.4, -0.2) is 6.71 Å². The third kappa shape index (κ3) is 5.83. The first kappa shape index (κ1) is 42.5. The maximum absolute atomic E-state index is 2.61. The number of fused-ring (bicyclic) bond motifs is 16. The van der Waals surface area contributed by atoms with Crippen LogP contribution >= 0.6 is 11.3 Å². The Bertz CT molecular complexity index is 3800. The quantitative estimate of drug-likeness (QED) is 0.163. The first-order valence-corrected chi connectivity index (χ1v) is 26.2. The van der Waals surface area contributed by atoms with E-state index in [1.165, 1.54) is 132 Å². The lowest BCUT2D eigenvalue weighted by Gasteiger charge is -2.43. The van der Waals surface area contributed by atoms with E-state index in [0.717, 1.165) is 5.69 Å². The van der Waals surface area contributed by atoms with Crippen molar-refractivity contribution in [3.8, 4) is 33.4 Å². The fraction of sp³-hybridized carbons (Fsp3) is 0.164. The summed E-state index contributed by atoms with van der Waals surface area (Å²) in [6, 6.07) is 72.5. The molecule has 2 nitrogen and oxygen atoms in total. The Hall–Kier alpha value is -7.40. The highest BCUT2D eigenvalue weighted by atomic mass is 32.1. The zero-order valence-corrected chi connectivity index (χ0v) is 42.6. The number of hydrogen-bond acceptors (Lipinski definition) is 3. The molecule has 0 bridgehead atoms. The second kappa shape index (κ2) is 14.8. The Morgan fingerprint density at radius 2 is 1.03 bits per heavy atom. The van der Waals surface area contributed by atoms with Crippen LogP contribution in [0.2, 0.25) is 0 Å². The number of para-hydroxylation sites is 1. The van der Waals surface area contributed by atoms with Gasteiger partial charge in [0, 0.05) is 43.3 Å². The lowest BCUT2D eigenvalue weighted by atomic mass is 9.36. The van der Waals surface area contributed by atoms with Crippen molar-refractivity contribution in [2.24, 2.45) is 0 Å². The zero-order chi connectivity index (χ0) is 48.3. The lowest BCUT2D eigenvalue weighted by molar-refractivity contribution is 0.572. The minimum Gasteiger partial charge on any atom is -0.311 e. The summed E-state index contributed by atoms with van der Waals surface area (Å²) < 4.78 is 2.71. The Morgan fingerprint density at radius 3 is 1.70 bits per heavy atom. The highest BCUT2D eigenvalue weighted by molar-refractivity contribution is 7.33. The number of benzene rings is 9. The number of aryl methyl sites for hydroxylation is 2. The normalized spacial score (nSPS) is 14.5. The molecule has 0 radical (unpaired) electrons. The summed E-state index contributed by atoms with van der Waals surface area (Å²) in [4.78, 5) is 5.16. The van der Waals surface area contributed by atoms with Crippen molar-refractivity contribution in [1.29, 1.82) is 0 Å². The van der Waals surface area contributed by atoms with Gasteiger partial charge in [0.2, 0.25) is 0 Å². The van der Waals surface area contributed by atoms with Crippen LogP contribution in [0.5, 0.6) is 0 Å². The summed E-state index contributed by atoms with van der Waals surface area (Å²) in [5, 5.41) is 1.31. The van der Waals surface area contributed by atoms with E-state index in [1.54, 1.807) is 0 Å². The number of nitrogens with zero attached hydrogens (tertiary/aromatic N) is 2. The average molecular weight is 931 g/mol. The molecule has 14 rings (SSSR count). The van der Waals surface area contributed by atoms with Crippen LogP contribution in [0.1, 0.15) is 86.1 Å². The molecule has 342 valence electrons. The van der Waals surface area contributed by atoms with E-state index >= 15 is 0 Å². The van der Waals surface area contributed by atoms with Crippen LogP contribution in [0.25, 0.3) is 43.5 Å². The molecule has 0 unspecified atom stereocenters. The van der Waals surface area contributed by atoms with Crippen LogP contribution in [0.15, 0.2) is 188 Å². The molecular formula is C67H55BN2S. The van der Waals surface area contributed by atoms with E-state index in [1.807, 2.05) is 11.3 Å². The molecule has 2 aliphatic heterocycles. The van der Waals surface area contributed by atoms with E-state index in [-0.39, 0.29) is 17.5 Å². The Kier molecular flexibility index (Phi) is 8.87. The smallest absolute Gasteiger partial charge is 0.264 e. The largest absolute Gasteiger partial charge is 0.311 e. The predicted molar refractivity (Wildman–Crippen MR) is 304 cm³/mol. The number of thiophene rings is 1. The minimum absolute atomic E-state index is 0.00549. The highest BCUT2D eigenvalue weighted by Gasteiger charge is 2.53. The third-order valence-corrected chi connectivity index (χ3v) is 17.4. The van der Waals surface area contributed by atoms with E-state index in [0.29, 0.717) is 0 Å². The molecule has 0 N–H and O–H groups in total. The number of anilines is 6. The molecule has 1 aromatic heterocycles. The van der Waals surface area contributed by atoms with Gasteiger partial charge in [-0.1, -0.05) is 186 Å². The lowest BCUT2D eigenvalue weighted by Crippen LogP contribution is -2.60. The summed E-state index contributed by atoms with van der Waals surface area (Å²) in [6.45, 7) is 18.6. The van der Waals surface area contributed by atoms with Crippen LogP contribution in [0, 0.1) is 13.8 Å². The van der Waals surface area contributed by atoms with Gasteiger partial charge in [0.1, 0.15) is 0 Å². The molecule has 0 atom stereocenters. The van der Waals surface area contributed by atoms with Crippen LogP contribution in [0.4, 0.5) is 34.1 Å². The van der Waals surface area contributed by atoms with E-state index in [9.17, 15) is 0 Å². The van der Waals surface area contributed by atoms with Gasteiger partial charge in [0.25, 0.3) is 6.71 Å². The third-order valence-electron chi connectivity index (χ3n) is 16.2. The fourth-order valence-electron chi connectivity index (χ4n) is 13.2. The van der Waals surface area contributed by atoms with Gasteiger partial charge in [0.05, 0.1) is 11.1 Å². The monoisotopic (exact) mass is 930 g/mol. The molecule has 0 saturated carbocycles. The van der Waals surface area contributed by atoms with Crippen LogP contribution in [0.3, 0.4) is 0 Å². The van der Waals surface area contributed by atoms with Crippen molar-refractivity contribution in [2.45, 2.75) is 71.6 Å². The Labute approximate surface area is 423 Å². The first-order valence-electron chi connectivity index (χ1n) is 25.4. The van der Waals surface area contributed by atoms with Gasteiger partial charge < -0.3 is 9.80 Å². The van der Waals surface area contributed by atoms with E-state index in [2.05, 4.69) is 253 Å². The molecule has 0 saturated heterocycles. The second-order valence-electron chi connectivity index (χ2n) is 22.6. The van der Waals surface area contributed by atoms with Crippen molar-refractivity contribution in [1.82, 2.24) is 0 Å². The number of hydrogen-bond donors (Lipinski definition) is 0. The fourth-order valence-corrected chi connectivity index (χ4v) is 14.6. The Morgan fingerprint density at radius 1 is 0.451 bits per heavy atom. The molecule has 2 aliphatic carbocycles. The van der Waals surface area contributed by atoms with Gasteiger partial charge >= 0.3 is 0 Å². The first-order chi connectivity index (χ1) is 34.3. The van der Waals surface area contributed by atoms with Crippen LogP contribution in [-0.2, 0) is 16.2 Å². The molecular weight excluding hydrogens is 876 g/mol. The van der Waals surface area contributed by atoms with Gasteiger partial charge in [-0.2, -0.15) is 0 Å². The zero-order valence-electron chi connectivity index (χ0n) is 41.8. The molecule has 71 heavy (non-hydrogen) atoms. The molecule has 10 aromatic rings. The van der Waals surface area contributed by atoms with Crippen LogP contribution < -0.4 is 25.5 Å². The molecule has 9 aromatic carbocycles.